The number of rotatable bonds is 15. The van der Waals surface area contributed by atoms with Gasteiger partial charge in [0.2, 0.25) is 5.91 Å². The lowest BCUT2D eigenvalue weighted by Gasteiger charge is -2.07. The van der Waals surface area contributed by atoms with Gasteiger partial charge in [0.1, 0.15) is 5.78 Å². The third-order valence-corrected chi connectivity index (χ3v) is 4.08. The van der Waals surface area contributed by atoms with Crippen LogP contribution in [0.25, 0.3) is 0 Å². The Morgan fingerprint density at radius 2 is 1.70 bits per heavy atom. The van der Waals surface area contributed by atoms with E-state index in [2.05, 4.69) is 18.8 Å². The van der Waals surface area contributed by atoms with Gasteiger partial charge in [-0.15, -0.1) is 0 Å². The molecule has 1 amide bonds. The number of hydrogen-bond donors (Lipinski definition) is 1. The lowest BCUT2D eigenvalue weighted by atomic mass is 10.1. The zero-order valence-corrected chi connectivity index (χ0v) is 16.3. The number of ether oxygens (including phenoxy) is 1. The van der Waals surface area contributed by atoms with Crippen LogP contribution in [0.3, 0.4) is 0 Å². The van der Waals surface area contributed by atoms with Gasteiger partial charge in [0, 0.05) is 44.6 Å². The first-order chi connectivity index (χ1) is 13.0. The summed E-state index contributed by atoms with van der Waals surface area (Å²) in [4.78, 5) is 35.0. The Labute approximate surface area is 162 Å². The van der Waals surface area contributed by atoms with Gasteiger partial charge in [-0.2, -0.15) is 0 Å². The molecular weight excluding hydrogens is 342 g/mol. The molecule has 1 aromatic carbocycles. The van der Waals surface area contributed by atoms with E-state index in [0.29, 0.717) is 45.1 Å². The summed E-state index contributed by atoms with van der Waals surface area (Å²) in [6.07, 6.45) is 5.99. The molecule has 0 fully saturated rings. The lowest BCUT2D eigenvalue weighted by Crippen LogP contribution is -2.12. The summed E-state index contributed by atoms with van der Waals surface area (Å²) in [5.74, 6) is 0.111. The van der Waals surface area contributed by atoms with E-state index in [1.807, 2.05) is 24.3 Å². The maximum atomic E-state index is 12.0. The number of anilines is 1. The molecule has 0 radical (unpaired) electrons. The average Bonchev–Trinajstić information content (AvgIpc) is 2.67. The second-order valence-electron chi connectivity index (χ2n) is 6.52. The summed E-state index contributed by atoms with van der Waals surface area (Å²) >= 11 is 0. The van der Waals surface area contributed by atoms with Crippen LogP contribution >= 0.6 is 0 Å². The summed E-state index contributed by atoms with van der Waals surface area (Å²) in [7, 11) is 0. The zero-order valence-electron chi connectivity index (χ0n) is 16.3. The molecule has 1 N–H and O–H groups in total. The van der Waals surface area contributed by atoms with E-state index in [1.54, 1.807) is 0 Å². The molecule has 1 rings (SSSR count). The molecule has 0 heterocycles. The second-order valence-corrected chi connectivity index (χ2v) is 6.52. The van der Waals surface area contributed by atoms with E-state index in [4.69, 9.17) is 4.74 Å². The van der Waals surface area contributed by atoms with Crippen molar-refractivity contribution in [2.24, 2.45) is 0 Å². The minimum Gasteiger partial charge on any atom is -0.381 e. The van der Waals surface area contributed by atoms with Crippen LogP contribution in [0.5, 0.6) is 0 Å². The van der Waals surface area contributed by atoms with E-state index in [-0.39, 0.29) is 17.5 Å². The highest BCUT2D eigenvalue weighted by molar-refractivity contribution is 5.91. The van der Waals surface area contributed by atoms with Gasteiger partial charge in [0.15, 0.2) is 5.78 Å². The van der Waals surface area contributed by atoms with Crippen LogP contribution < -0.4 is 5.32 Å². The van der Waals surface area contributed by atoms with E-state index < -0.39 is 0 Å². The molecule has 148 valence electrons. The van der Waals surface area contributed by atoms with E-state index in [9.17, 15) is 14.4 Å². The summed E-state index contributed by atoms with van der Waals surface area (Å²) in [6, 6.07) is 7.45. The number of Topliss-reactive ketones (excluding diaryl/α,β-unsaturated/α-hetero) is 1. The summed E-state index contributed by atoms with van der Waals surface area (Å²) in [5.41, 5.74) is 1.76. The van der Waals surface area contributed by atoms with Crippen LogP contribution in [-0.4, -0.2) is 30.7 Å². The number of amides is 1. The van der Waals surface area contributed by atoms with Crippen LogP contribution in [0.15, 0.2) is 36.9 Å². The zero-order chi connectivity index (χ0) is 19.9. The minimum atomic E-state index is -0.0938. The molecule has 0 saturated carbocycles. The van der Waals surface area contributed by atoms with Crippen molar-refractivity contribution in [2.45, 2.75) is 58.3 Å². The molecule has 5 heteroatoms. The Bertz CT molecular complexity index is 607. The van der Waals surface area contributed by atoms with Crippen LogP contribution in [0.4, 0.5) is 5.69 Å². The molecule has 0 aliphatic rings. The highest BCUT2D eigenvalue weighted by Crippen LogP contribution is 2.12. The monoisotopic (exact) mass is 373 g/mol. The van der Waals surface area contributed by atoms with Crippen molar-refractivity contribution in [3.63, 3.8) is 0 Å². The maximum Gasteiger partial charge on any atom is 0.224 e. The number of ketones is 2. The molecule has 0 aliphatic carbocycles. The number of carbonyl (C=O) groups excluding carboxylic acids is 3. The molecule has 0 spiro atoms. The van der Waals surface area contributed by atoms with Crippen molar-refractivity contribution in [3.8, 4) is 0 Å². The van der Waals surface area contributed by atoms with Crippen molar-refractivity contribution in [1.29, 1.82) is 0 Å². The predicted octanol–water partition coefficient (Wildman–Crippen LogP) is 4.26. The number of hydrogen-bond acceptors (Lipinski definition) is 4. The maximum absolute atomic E-state index is 12.0. The Morgan fingerprint density at radius 3 is 2.37 bits per heavy atom. The standard InChI is InChI=1S/C22H31NO4/c1-3-16-27-17-6-8-21(25)7-5-9-22(26)23-19-13-10-18(11-14-19)12-15-20(24)4-2/h4,10-11,13-14H,2-3,5-9,12,15-17H2,1H3,(H,23,26). The minimum absolute atomic E-state index is 0.0235. The summed E-state index contributed by atoms with van der Waals surface area (Å²) in [5, 5.41) is 2.83. The second kappa shape index (κ2) is 13.9. The van der Waals surface area contributed by atoms with Crippen molar-refractivity contribution in [1.82, 2.24) is 0 Å². The Hall–Kier alpha value is -2.27. The van der Waals surface area contributed by atoms with Gasteiger partial charge in [-0.1, -0.05) is 25.6 Å². The number of carbonyl (C=O) groups is 3. The van der Waals surface area contributed by atoms with Gasteiger partial charge in [0.05, 0.1) is 0 Å². The van der Waals surface area contributed by atoms with Gasteiger partial charge >= 0.3 is 0 Å². The van der Waals surface area contributed by atoms with Gasteiger partial charge in [-0.25, -0.2) is 0 Å². The molecule has 0 aliphatic heterocycles. The fourth-order valence-corrected chi connectivity index (χ4v) is 2.54. The number of benzene rings is 1. The number of nitrogens with one attached hydrogen (secondary N) is 1. The SMILES string of the molecule is C=CC(=O)CCc1ccc(NC(=O)CCCC(=O)CCCOCCC)cc1. The normalized spacial score (nSPS) is 10.4. The van der Waals surface area contributed by atoms with Crippen molar-refractivity contribution >= 4 is 23.2 Å². The molecule has 0 unspecified atom stereocenters. The molecule has 1 aromatic rings. The Morgan fingerprint density at radius 1 is 1.00 bits per heavy atom. The molecule has 0 bridgehead atoms. The summed E-state index contributed by atoms with van der Waals surface area (Å²) in [6.45, 7) is 6.87. The third-order valence-electron chi connectivity index (χ3n) is 4.08. The Kier molecular flexibility index (Phi) is 11.7. The molecule has 0 aromatic heterocycles. The van der Waals surface area contributed by atoms with Gasteiger partial charge in [-0.05, 0) is 49.5 Å². The predicted molar refractivity (Wildman–Crippen MR) is 108 cm³/mol. The van der Waals surface area contributed by atoms with Gasteiger partial charge in [0.25, 0.3) is 0 Å². The highest BCUT2D eigenvalue weighted by atomic mass is 16.5. The fraction of sp³-hybridized carbons (Fsp3) is 0.500. The number of allylic oxidation sites excluding steroid dienone is 1. The topological polar surface area (TPSA) is 72.5 Å². The molecule has 27 heavy (non-hydrogen) atoms. The van der Waals surface area contributed by atoms with Crippen molar-refractivity contribution in [2.75, 3.05) is 18.5 Å². The van der Waals surface area contributed by atoms with Crippen LogP contribution in [-0.2, 0) is 25.5 Å². The fourth-order valence-electron chi connectivity index (χ4n) is 2.54. The highest BCUT2D eigenvalue weighted by Gasteiger charge is 2.06. The van der Waals surface area contributed by atoms with Crippen LogP contribution in [0.1, 0.15) is 57.4 Å². The first-order valence-electron chi connectivity index (χ1n) is 9.68. The molecule has 0 saturated heterocycles. The van der Waals surface area contributed by atoms with Crippen molar-refractivity contribution < 1.29 is 19.1 Å². The smallest absolute Gasteiger partial charge is 0.224 e. The molecule has 0 atom stereocenters. The average molecular weight is 373 g/mol. The van der Waals surface area contributed by atoms with Crippen LogP contribution in [0, 0.1) is 0 Å². The van der Waals surface area contributed by atoms with E-state index >= 15 is 0 Å². The van der Waals surface area contributed by atoms with Gasteiger partial charge < -0.3 is 10.1 Å². The molecular formula is C22H31NO4. The van der Waals surface area contributed by atoms with E-state index in [1.165, 1.54) is 6.08 Å². The lowest BCUT2D eigenvalue weighted by molar-refractivity contribution is -0.120. The largest absolute Gasteiger partial charge is 0.381 e. The Balaban J connectivity index is 2.19. The van der Waals surface area contributed by atoms with Crippen molar-refractivity contribution in [3.05, 3.63) is 42.5 Å². The molecule has 5 nitrogen and oxygen atoms in total. The number of aryl methyl sites for hydroxylation is 1. The quantitative estimate of drug-likeness (QED) is 0.368. The van der Waals surface area contributed by atoms with Gasteiger partial charge in [-0.3, -0.25) is 14.4 Å². The third kappa shape index (κ3) is 11.1. The van der Waals surface area contributed by atoms with Crippen LogP contribution in [0.2, 0.25) is 0 Å². The first-order valence-corrected chi connectivity index (χ1v) is 9.68. The summed E-state index contributed by atoms with van der Waals surface area (Å²) < 4.78 is 5.35. The first kappa shape index (κ1) is 22.8. The van der Waals surface area contributed by atoms with E-state index in [0.717, 1.165) is 30.7 Å².